The Morgan fingerprint density at radius 1 is 1.03 bits per heavy atom. The second-order valence-corrected chi connectivity index (χ2v) is 6.43. The number of esters is 2. The molecule has 0 aliphatic heterocycles. The Bertz CT molecular complexity index is 1240. The Balaban J connectivity index is 2.00. The first kappa shape index (κ1) is 19.4. The Morgan fingerprint density at radius 2 is 1.77 bits per heavy atom. The molecule has 0 saturated carbocycles. The van der Waals surface area contributed by atoms with Gasteiger partial charge in [0.2, 0.25) is 0 Å². The fraction of sp³-hybridized carbons (Fsp3) is 0.136. The van der Waals surface area contributed by atoms with Crippen LogP contribution in [0.2, 0.25) is 0 Å². The molecule has 0 spiro atoms. The van der Waals surface area contributed by atoms with Gasteiger partial charge in [0.05, 0.1) is 19.9 Å². The van der Waals surface area contributed by atoms with Crippen molar-refractivity contribution in [2.24, 2.45) is 0 Å². The zero-order valence-electron chi connectivity index (χ0n) is 16.3. The number of rotatable bonds is 5. The lowest BCUT2D eigenvalue weighted by Gasteiger charge is -2.07. The summed E-state index contributed by atoms with van der Waals surface area (Å²) >= 11 is 0. The van der Waals surface area contributed by atoms with Crippen LogP contribution in [0.5, 0.6) is 0 Å². The lowest BCUT2D eigenvalue weighted by atomic mass is 10.0. The highest BCUT2D eigenvalue weighted by Gasteiger charge is 2.31. The van der Waals surface area contributed by atoms with E-state index in [-0.39, 0.29) is 23.6 Å². The van der Waals surface area contributed by atoms with Gasteiger partial charge in [0.15, 0.2) is 5.69 Å². The normalized spacial score (nSPS) is 10.9. The number of nitrogens with zero attached hydrogens (tertiary/aromatic N) is 2. The van der Waals surface area contributed by atoms with Crippen LogP contribution in [0.4, 0.5) is 0 Å². The molecule has 4 aromatic rings. The number of methoxy groups -OCH3 is 2. The van der Waals surface area contributed by atoms with Gasteiger partial charge < -0.3 is 19.0 Å². The molecule has 30 heavy (non-hydrogen) atoms. The molecular formula is C22H18N2O6. The number of furan rings is 1. The summed E-state index contributed by atoms with van der Waals surface area (Å²) in [6.07, 6.45) is 0. The molecule has 0 fully saturated rings. The third kappa shape index (κ3) is 3.23. The van der Waals surface area contributed by atoms with Gasteiger partial charge >= 0.3 is 11.9 Å². The summed E-state index contributed by atoms with van der Waals surface area (Å²) in [7, 11) is 2.47. The van der Waals surface area contributed by atoms with Crippen LogP contribution in [0, 0.1) is 0 Å². The molecule has 2 heterocycles. The molecule has 8 heteroatoms. The van der Waals surface area contributed by atoms with Crippen LogP contribution < -0.4 is 0 Å². The molecule has 4 rings (SSSR count). The minimum Gasteiger partial charge on any atom is -0.465 e. The fourth-order valence-corrected chi connectivity index (χ4v) is 3.28. The van der Waals surface area contributed by atoms with Gasteiger partial charge in [-0.2, -0.15) is 5.10 Å². The minimum absolute atomic E-state index is 0.00145. The molecule has 0 radical (unpaired) electrons. The lowest BCUT2D eigenvalue weighted by molar-refractivity contribution is 0.0549. The number of aliphatic hydroxyl groups is 1. The number of hydrogen-bond acceptors (Lipinski definition) is 7. The number of hydrogen-bond donors (Lipinski definition) is 1. The molecular weight excluding hydrogens is 388 g/mol. The van der Waals surface area contributed by atoms with Crippen LogP contribution in [0.15, 0.2) is 59.0 Å². The number of fused-ring (bicyclic) bond motifs is 1. The van der Waals surface area contributed by atoms with Gasteiger partial charge in [-0.3, -0.25) is 0 Å². The molecule has 0 amide bonds. The smallest absolute Gasteiger partial charge is 0.357 e. The second kappa shape index (κ2) is 7.84. The van der Waals surface area contributed by atoms with E-state index in [0.29, 0.717) is 22.6 Å². The van der Waals surface area contributed by atoms with Gasteiger partial charge in [0.25, 0.3) is 0 Å². The first-order valence-corrected chi connectivity index (χ1v) is 9.06. The van der Waals surface area contributed by atoms with Gasteiger partial charge in [0, 0.05) is 10.9 Å². The van der Waals surface area contributed by atoms with E-state index in [2.05, 4.69) is 5.10 Å². The predicted molar refractivity (Wildman–Crippen MR) is 107 cm³/mol. The maximum absolute atomic E-state index is 12.7. The number of carbonyl (C=O) groups is 2. The van der Waals surface area contributed by atoms with Crippen molar-refractivity contribution in [2.75, 3.05) is 14.2 Å². The average Bonchev–Trinajstić information content (AvgIpc) is 3.39. The Kier molecular flexibility index (Phi) is 5.07. The highest BCUT2D eigenvalue weighted by Crippen LogP contribution is 2.32. The highest BCUT2D eigenvalue weighted by atomic mass is 16.5. The van der Waals surface area contributed by atoms with Crippen molar-refractivity contribution in [3.8, 4) is 16.9 Å². The molecule has 0 atom stereocenters. The number of benzene rings is 2. The predicted octanol–water partition coefficient (Wildman–Crippen LogP) is 3.35. The molecule has 0 unspecified atom stereocenters. The van der Waals surface area contributed by atoms with E-state index in [1.807, 2.05) is 6.07 Å². The van der Waals surface area contributed by atoms with Crippen LogP contribution in [0.3, 0.4) is 0 Å². The summed E-state index contributed by atoms with van der Waals surface area (Å²) in [6.45, 7) is -0.230. The van der Waals surface area contributed by atoms with E-state index < -0.39 is 11.9 Å². The summed E-state index contributed by atoms with van der Waals surface area (Å²) < 4.78 is 16.7. The van der Waals surface area contributed by atoms with Gasteiger partial charge in [-0.05, 0) is 36.4 Å². The first-order valence-electron chi connectivity index (χ1n) is 9.06. The zero-order valence-corrected chi connectivity index (χ0v) is 16.3. The monoisotopic (exact) mass is 406 g/mol. The molecule has 0 aliphatic rings. The van der Waals surface area contributed by atoms with Crippen molar-refractivity contribution in [2.45, 2.75) is 6.61 Å². The Labute approximate surface area is 171 Å². The zero-order chi connectivity index (χ0) is 21.3. The molecule has 1 N–H and O–H groups in total. The van der Waals surface area contributed by atoms with E-state index in [9.17, 15) is 14.7 Å². The third-order valence-electron chi connectivity index (χ3n) is 4.65. The molecule has 2 aromatic carbocycles. The molecule has 152 valence electrons. The molecule has 0 saturated heterocycles. The van der Waals surface area contributed by atoms with Crippen molar-refractivity contribution in [3.05, 3.63) is 71.6 Å². The van der Waals surface area contributed by atoms with E-state index in [0.717, 1.165) is 5.39 Å². The number of aliphatic hydroxyl groups excluding tert-OH is 1. The standard InChI is InChI=1S/C22H18N2O6/c1-28-21(26)18-19(13-8-9-17-14(10-13)11-16(12-25)30-17)23-24(20(18)22(27)29-2)15-6-4-3-5-7-15/h3-11,25H,12H2,1-2H3. The number of aromatic nitrogens is 2. The summed E-state index contributed by atoms with van der Waals surface area (Å²) in [6, 6.07) is 15.8. The Hall–Kier alpha value is -3.91. The molecule has 2 aromatic heterocycles. The highest BCUT2D eigenvalue weighted by molar-refractivity contribution is 6.07. The fourth-order valence-electron chi connectivity index (χ4n) is 3.28. The first-order chi connectivity index (χ1) is 14.6. The largest absolute Gasteiger partial charge is 0.465 e. The van der Waals surface area contributed by atoms with Gasteiger partial charge in [-0.25, -0.2) is 14.3 Å². The number of ether oxygens (including phenoxy) is 2. The maximum atomic E-state index is 12.7. The van der Waals surface area contributed by atoms with Crippen LogP contribution in [-0.2, 0) is 16.1 Å². The topological polar surface area (TPSA) is 104 Å². The maximum Gasteiger partial charge on any atom is 0.357 e. The minimum atomic E-state index is -0.718. The van der Waals surface area contributed by atoms with Crippen molar-refractivity contribution in [1.29, 1.82) is 0 Å². The number of para-hydroxylation sites is 1. The third-order valence-corrected chi connectivity index (χ3v) is 4.65. The quantitative estimate of drug-likeness (QED) is 0.507. The van der Waals surface area contributed by atoms with E-state index >= 15 is 0 Å². The average molecular weight is 406 g/mol. The SMILES string of the molecule is COC(=O)c1c(-c2ccc3oc(CO)cc3c2)nn(-c2ccccc2)c1C(=O)OC. The summed E-state index contributed by atoms with van der Waals surface area (Å²) in [4.78, 5) is 25.3. The van der Waals surface area contributed by atoms with E-state index in [1.165, 1.54) is 18.9 Å². The lowest BCUT2D eigenvalue weighted by Crippen LogP contribution is -2.15. The van der Waals surface area contributed by atoms with Crippen LogP contribution in [-0.4, -0.2) is 41.0 Å². The van der Waals surface area contributed by atoms with Crippen LogP contribution >= 0.6 is 0 Å². The van der Waals surface area contributed by atoms with Gasteiger partial charge in [0.1, 0.15) is 29.2 Å². The molecule has 8 nitrogen and oxygen atoms in total. The van der Waals surface area contributed by atoms with Crippen molar-refractivity contribution < 1.29 is 28.6 Å². The summed E-state index contributed by atoms with van der Waals surface area (Å²) in [5, 5.41) is 14.6. The van der Waals surface area contributed by atoms with Crippen LogP contribution in [0.25, 0.3) is 27.9 Å². The Morgan fingerprint density at radius 3 is 2.43 bits per heavy atom. The second-order valence-electron chi connectivity index (χ2n) is 6.43. The number of carbonyl (C=O) groups excluding carboxylic acids is 2. The van der Waals surface area contributed by atoms with Gasteiger partial charge in [-0.1, -0.05) is 18.2 Å². The summed E-state index contributed by atoms with van der Waals surface area (Å²) in [5.41, 5.74) is 1.97. The van der Waals surface area contributed by atoms with E-state index in [4.69, 9.17) is 13.9 Å². The molecule has 0 bridgehead atoms. The molecule has 0 aliphatic carbocycles. The van der Waals surface area contributed by atoms with Gasteiger partial charge in [-0.15, -0.1) is 0 Å². The van der Waals surface area contributed by atoms with Crippen molar-refractivity contribution in [1.82, 2.24) is 9.78 Å². The van der Waals surface area contributed by atoms with Crippen molar-refractivity contribution in [3.63, 3.8) is 0 Å². The van der Waals surface area contributed by atoms with Crippen molar-refractivity contribution >= 4 is 22.9 Å². The van der Waals surface area contributed by atoms with Crippen LogP contribution in [0.1, 0.15) is 26.6 Å². The van der Waals surface area contributed by atoms with E-state index in [1.54, 1.807) is 48.5 Å². The summed E-state index contributed by atoms with van der Waals surface area (Å²) in [5.74, 6) is -1.01.